The molecule has 3 heteroatoms. The van der Waals surface area contributed by atoms with Crippen LogP contribution in [-0.2, 0) is 4.79 Å². The predicted octanol–water partition coefficient (Wildman–Crippen LogP) is 3.94. The van der Waals surface area contributed by atoms with Crippen LogP contribution in [0.1, 0.15) is 78.1 Å². The SMILES string of the molecule is CCCCC(CC)C(=O)NC1(C#N)CCCCCC1. The van der Waals surface area contributed by atoms with Crippen LogP contribution >= 0.6 is 0 Å². The van der Waals surface area contributed by atoms with Gasteiger partial charge in [-0.05, 0) is 25.7 Å². The first-order valence-corrected chi connectivity index (χ1v) is 7.90. The quantitative estimate of drug-likeness (QED) is 0.739. The lowest BCUT2D eigenvalue weighted by Crippen LogP contribution is -2.49. The van der Waals surface area contributed by atoms with Gasteiger partial charge in [0, 0.05) is 5.92 Å². The van der Waals surface area contributed by atoms with Gasteiger partial charge in [-0.15, -0.1) is 0 Å². The van der Waals surface area contributed by atoms with Crippen LogP contribution in [0.15, 0.2) is 0 Å². The van der Waals surface area contributed by atoms with E-state index in [1.54, 1.807) is 0 Å². The van der Waals surface area contributed by atoms with E-state index in [1.807, 2.05) is 0 Å². The van der Waals surface area contributed by atoms with E-state index in [2.05, 4.69) is 25.2 Å². The van der Waals surface area contributed by atoms with Crippen LogP contribution < -0.4 is 5.32 Å². The van der Waals surface area contributed by atoms with Crippen molar-refractivity contribution >= 4 is 5.91 Å². The zero-order chi connectivity index (χ0) is 14.1. The fourth-order valence-corrected chi connectivity index (χ4v) is 2.91. The predicted molar refractivity (Wildman–Crippen MR) is 77.5 cm³/mol. The van der Waals surface area contributed by atoms with Crippen LogP contribution in [0, 0.1) is 17.2 Å². The van der Waals surface area contributed by atoms with Gasteiger partial charge in [-0.1, -0.05) is 52.4 Å². The van der Waals surface area contributed by atoms with Crippen LogP contribution in [0.3, 0.4) is 0 Å². The first-order valence-electron chi connectivity index (χ1n) is 7.90. The highest BCUT2D eigenvalue weighted by Crippen LogP contribution is 2.27. The molecule has 1 saturated carbocycles. The molecular weight excluding hydrogens is 236 g/mol. The van der Waals surface area contributed by atoms with Gasteiger partial charge in [0.05, 0.1) is 6.07 Å². The molecule has 108 valence electrons. The second-order valence-corrected chi connectivity index (χ2v) is 5.84. The number of amides is 1. The Hall–Kier alpha value is -1.04. The molecule has 1 unspecified atom stereocenters. The van der Waals surface area contributed by atoms with Gasteiger partial charge in [0.15, 0.2) is 0 Å². The minimum Gasteiger partial charge on any atom is -0.338 e. The van der Waals surface area contributed by atoms with E-state index in [0.717, 1.165) is 51.4 Å². The molecular formula is C16H28N2O. The second kappa shape index (κ2) is 8.19. The van der Waals surface area contributed by atoms with Crippen LogP contribution in [0.2, 0.25) is 0 Å². The van der Waals surface area contributed by atoms with Crippen LogP contribution in [0.5, 0.6) is 0 Å². The smallest absolute Gasteiger partial charge is 0.224 e. The van der Waals surface area contributed by atoms with Crippen molar-refractivity contribution in [3.05, 3.63) is 0 Å². The third-order valence-electron chi connectivity index (χ3n) is 4.30. The Bertz CT molecular complexity index is 311. The fourth-order valence-electron chi connectivity index (χ4n) is 2.91. The number of hydrogen-bond donors (Lipinski definition) is 1. The standard InChI is InChI=1S/C16H28N2O/c1-3-5-10-14(4-2)15(19)18-16(13-17)11-8-6-7-9-12-16/h14H,3-12H2,1-2H3,(H,18,19). The average molecular weight is 264 g/mol. The lowest BCUT2D eigenvalue weighted by Gasteiger charge is -2.28. The van der Waals surface area contributed by atoms with E-state index in [4.69, 9.17) is 0 Å². The van der Waals surface area contributed by atoms with Crippen molar-refractivity contribution in [1.29, 1.82) is 5.26 Å². The number of rotatable bonds is 6. The van der Waals surface area contributed by atoms with Gasteiger partial charge in [-0.2, -0.15) is 5.26 Å². The summed E-state index contributed by atoms with van der Waals surface area (Å²) in [5.41, 5.74) is -0.590. The molecule has 3 nitrogen and oxygen atoms in total. The molecule has 1 rings (SSSR count). The minimum atomic E-state index is -0.590. The number of nitrogens with one attached hydrogen (secondary N) is 1. The minimum absolute atomic E-state index is 0.0772. The topological polar surface area (TPSA) is 52.9 Å². The van der Waals surface area contributed by atoms with Crippen molar-refractivity contribution in [2.24, 2.45) is 5.92 Å². The molecule has 0 spiro atoms. The van der Waals surface area contributed by atoms with Crippen molar-refractivity contribution in [1.82, 2.24) is 5.32 Å². The van der Waals surface area contributed by atoms with E-state index >= 15 is 0 Å². The Balaban J connectivity index is 2.62. The van der Waals surface area contributed by atoms with Crippen molar-refractivity contribution in [2.45, 2.75) is 83.6 Å². The van der Waals surface area contributed by atoms with Gasteiger partial charge in [0.1, 0.15) is 5.54 Å². The summed E-state index contributed by atoms with van der Waals surface area (Å²) in [5.74, 6) is 0.174. The Morgan fingerprint density at radius 2 is 1.89 bits per heavy atom. The molecule has 0 heterocycles. The molecule has 0 saturated heterocycles. The normalized spacial score (nSPS) is 20.1. The summed E-state index contributed by atoms with van der Waals surface area (Å²) in [6.07, 6.45) is 10.1. The Morgan fingerprint density at radius 1 is 1.26 bits per heavy atom. The summed E-state index contributed by atoms with van der Waals surface area (Å²) < 4.78 is 0. The maximum absolute atomic E-state index is 12.4. The molecule has 19 heavy (non-hydrogen) atoms. The maximum atomic E-state index is 12.4. The van der Waals surface area contributed by atoms with Crippen molar-refractivity contribution < 1.29 is 4.79 Å². The molecule has 1 amide bonds. The molecule has 1 N–H and O–H groups in total. The molecule has 0 aromatic heterocycles. The monoisotopic (exact) mass is 264 g/mol. The molecule has 1 atom stereocenters. The number of carbonyl (C=O) groups excluding carboxylic acids is 1. The number of nitrogens with zero attached hydrogens (tertiary/aromatic N) is 1. The van der Waals surface area contributed by atoms with Crippen LogP contribution in [-0.4, -0.2) is 11.4 Å². The van der Waals surface area contributed by atoms with E-state index in [0.29, 0.717) is 0 Å². The first kappa shape index (κ1) is 16.0. The van der Waals surface area contributed by atoms with Crippen LogP contribution in [0.25, 0.3) is 0 Å². The zero-order valence-corrected chi connectivity index (χ0v) is 12.5. The van der Waals surface area contributed by atoms with Gasteiger partial charge in [-0.25, -0.2) is 0 Å². The highest BCUT2D eigenvalue weighted by atomic mass is 16.2. The van der Waals surface area contributed by atoms with E-state index in [-0.39, 0.29) is 11.8 Å². The molecule has 1 aliphatic rings. The van der Waals surface area contributed by atoms with Gasteiger partial charge in [-0.3, -0.25) is 4.79 Å². The zero-order valence-electron chi connectivity index (χ0n) is 12.5. The first-order chi connectivity index (χ1) is 9.17. The Kier molecular flexibility index (Phi) is 6.91. The maximum Gasteiger partial charge on any atom is 0.224 e. The largest absolute Gasteiger partial charge is 0.338 e. The molecule has 0 bridgehead atoms. The third kappa shape index (κ3) is 4.86. The number of unbranched alkanes of at least 4 members (excludes halogenated alkanes) is 1. The van der Waals surface area contributed by atoms with Gasteiger partial charge in [0.2, 0.25) is 5.91 Å². The lowest BCUT2D eigenvalue weighted by atomic mass is 9.89. The molecule has 1 fully saturated rings. The van der Waals surface area contributed by atoms with Crippen molar-refractivity contribution in [3.63, 3.8) is 0 Å². The summed E-state index contributed by atoms with van der Waals surface area (Å²) in [7, 11) is 0. The number of hydrogen-bond acceptors (Lipinski definition) is 2. The molecule has 0 radical (unpaired) electrons. The van der Waals surface area contributed by atoms with Gasteiger partial charge >= 0.3 is 0 Å². The average Bonchev–Trinajstić information content (AvgIpc) is 2.66. The van der Waals surface area contributed by atoms with Gasteiger partial charge < -0.3 is 5.32 Å². The summed E-state index contributed by atoms with van der Waals surface area (Å²) >= 11 is 0. The summed E-state index contributed by atoms with van der Waals surface area (Å²) in [5, 5.41) is 12.6. The lowest BCUT2D eigenvalue weighted by molar-refractivity contribution is -0.126. The molecule has 0 aromatic rings. The van der Waals surface area contributed by atoms with Crippen molar-refractivity contribution in [2.75, 3.05) is 0 Å². The summed E-state index contributed by atoms with van der Waals surface area (Å²) in [6.45, 7) is 4.21. The summed E-state index contributed by atoms with van der Waals surface area (Å²) in [6, 6.07) is 2.39. The molecule has 0 aromatic carbocycles. The number of carbonyl (C=O) groups is 1. The third-order valence-corrected chi connectivity index (χ3v) is 4.30. The Labute approximate surface area is 117 Å². The Morgan fingerprint density at radius 3 is 2.37 bits per heavy atom. The second-order valence-electron chi connectivity index (χ2n) is 5.84. The van der Waals surface area contributed by atoms with E-state index in [1.165, 1.54) is 12.8 Å². The summed E-state index contributed by atoms with van der Waals surface area (Å²) in [4.78, 5) is 12.4. The van der Waals surface area contributed by atoms with Gasteiger partial charge in [0.25, 0.3) is 0 Å². The molecule has 0 aliphatic heterocycles. The fraction of sp³-hybridized carbons (Fsp3) is 0.875. The highest BCUT2D eigenvalue weighted by molar-refractivity contribution is 5.79. The van der Waals surface area contributed by atoms with Crippen LogP contribution in [0.4, 0.5) is 0 Å². The van der Waals surface area contributed by atoms with Crippen molar-refractivity contribution in [3.8, 4) is 6.07 Å². The molecule has 1 aliphatic carbocycles. The van der Waals surface area contributed by atoms with E-state index < -0.39 is 5.54 Å². The number of nitriles is 1. The van der Waals surface area contributed by atoms with E-state index in [9.17, 15) is 10.1 Å². The highest BCUT2D eigenvalue weighted by Gasteiger charge is 2.34.